The monoisotopic (exact) mass is 483 g/mol. The molecule has 0 bridgehead atoms. The third-order valence-electron chi connectivity index (χ3n) is 6.66. The quantitative estimate of drug-likeness (QED) is 0.507. The van der Waals surface area contributed by atoms with Crippen molar-refractivity contribution in [3.05, 3.63) is 112 Å². The summed E-state index contributed by atoms with van der Waals surface area (Å²) in [5.41, 5.74) is 1.63. The molecule has 2 aliphatic heterocycles. The molecule has 0 aliphatic carbocycles. The van der Waals surface area contributed by atoms with Gasteiger partial charge in [0.05, 0.1) is 37.6 Å². The molecule has 7 heteroatoms. The molecule has 0 radical (unpaired) electrons. The predicted octanol–water partition coefficient (Wildman–Crippen LogP) is 4.15. The van der Waals surface area contributed by atoms with Gasteiger partial charge in [-0.25, -0.2) is 9.59 Å². The summed E-state index contributed by atoms with van der Waals surface area (Å²) in [4.78, 5) is 42.3. The van der Waals surface area contributed by atoms with Crippen LogP contribution in [-0.4, -0.2) is 32.1 Å². The Kier molecular flexibility index (Phi) is 5.94. The maximum atomic E-state index is 14.3. The SMILES string of the molecule is COC(=O)C1=C(C(=O)OC)[C@@]2(O[C@H]1c1ccccc1)C(=O)N(Cc1ccc(C)cc1)c1ccccc12. The van der Waals surface area contributed by atoms with Crippen molar-refractivity contribution in [3.63, 3.8) is 0 Å². The molecular weight excluding hydrogens is 458 g/mol. The molecule has 2 atom stereocenters. The van der Waals surface area contributed by atoms with Crippen LogP contribution < -0.4 is 4.90 Å². The Hall–Kier alpha value is -4.23. The minimum Gasteiger partial charge on any atom is -0.466 e. The Bertz CT molecular complexity index is 1380. The zero-order valence-corrected chi connectivity index (χ0v) is 20.2. The van der Waals surface area contributed by atoms with Gasteiger partial charge in [-0.3, -0.25) is 4.79 Å². The second-order valence-corrected chi connectivity index (χ2v) is 8.76. The number of carbonyl (C=O) groups excluding carboxylic acids is 3. The highest BCUT2D eigenvalue weighted by molar-refractivity contribution is 6.17. The van der Waals surface area contributed by atoms with Crippen LogP contribution in [0.4, 0.5) is 5.69 Å². The maximum absolute atomic E-state index is 14.3. The number of amides is 1. The van der Waals surface area contributed by atoms with E-state index < -0.39 is 29.6 Å². The number of ether oxygens (including phenoxy) is 3. The van der Waals surface area contributed by atoms with Gasteiger partial charge in [-0.15, -0.1) is 0 Å². The molecule has 2 aliphatic rings. The van der Waals surface area contributed by atoms with Crippen molar-refractivity contribution in [3.8, 4) is 0 Å². The van der Waals surface area contributed by atoms with E-state index in [9.17, 15) is 14.4 Å². The number of anilines is 1. The Labute approximate surface area is 208 Å². The number of esters is 2. The molecule has 5 rings (SSSR count). The van der Waals surface area contributed by atoms with Crippen molar-refractivity contribution in [2.45, 2.75) is 25.2 Å². The van der Waals surface area contributed by atoms with E-state index in [-0.39, 0.29) is 17.7 Å². The number of aryl methyl sites for hydroxylation is 1. The second kappa shape index (κ2) is 9.09. The van der Waals surface area contributed by atoms with Crippen molar-refractivity contribution in [1.82, 2.24) is 0 Å². The standard InChI is InChI=1S/C29H25NO6/c1-18-13-15-19(16-14-18)17-30-22-12-8-7-11-21(22)29(28(30)33)24(27(32)35-3)23(26(31)34-2)25(36-29)20-9-5-4-6-10-20/h4-16,25H,17H2,1-3H3/t25-,29+/m0/s1. The molecule has 0 unspecified atom stereocenters. The van der Waals surface area contributed by atoms with Crippen molar-refractivity contribution >= 4 is 23.5 Å². The van der Waals surface area contributed by atoms with E-state index in [1.54, 1.807) is 41.3 Å². The fourth-order valence-corrected chi connectivity index (χ4v) is 4.96. The van der Waals surface area contributed by atoms with Crippen molar-refractivity contribution < 1.29 is 28.6 Å². The number of fused-ring (bicyclic) bond motifs is 2. The Balaban J connectivity index is 1.73. The molecule has 7 nitrogen and oxygen atoms in total. The predicted molar refractivity (Wildman–Crippen MR) is 132 cm³/mol. The third kappa shape index (κ3) is 3.51. The number of rotatable bonds is 5. The maximum Gasteiger partial charge on any atom is 0.338 e. The largest absolute Gasteiger partial charge is 0.466 e. The van der Waals surface area contributed by atoms with Crippen LogP contribution in [0, 0.1) is 6.92 Å². The summed E-state index contributed by atoms with van der Waals surface area (Å²) >= 11 is 0. The molecule has 2 heterocycles. The van der Waals surface area contributed by atoms with Crippen LogP contribution in [0.1, 0.15) is 28.4 Å². The molecule has 1 amide bonds. The lowest BCUT2D eigenvalue weighted by atomic mass is 9.85. The molecule has 0 fully saturated rings. The van der Waals surface area contributed by atoms with Crippen LogP contribution in [0.5, 0.6) is 0 Å². The van der Waals surface area contributed by atoms with Gasteiger partial charge >= 0.3 is 11.9 Å². The Morgan fingerprint density at radius 2 is 1.53 bits per heavy atom. The number of hydrogen-bond donors (Lipinski definition) is 0. The minimum absolute atomic E-state index is 0.0455. The highest BCUT2D eigenvalue weighted by Gasteiger charge is 2.64. The zero-order valence-electron chi connectivity index (χ0n) is 20.2. The molecule has 36 heavy (non-hydrogen) atoms. The van der Waals surface area contributed by atoms with Gasteiger partial charge in [-0.05, 0) is 24.1 Å². The molecule has 182 valence electrons. The van der Waals surface area contributed by atoms with Crippen molar-refractivity contribution in [1.29, 1.82) is 0 Å². The molecule has 3 aromatic rings. The summed E-state index contributed by atoms with van der Waals surface area (Å²) in [5, 5.41) is 0. The van der Waals surface area contributed by atoms with Gasteiger partial charge in [0.15, 0.2) is 0 Å². The third-order valence-corrected chi connectivity index (χ3v) is 6.66. The van der Waals surface area contributed by atoms with E-state index in [1.165, 1.54) is 14.2 Å². The summed E-state index contributed by atoms with van der Waals surface area (Å²) in [6, 6.07) is 24.0. The first-order valence-corrected chi connectivity index (χ1v) is 11.5. The van der Waals surface area contributed by atoms with Gasteiger partial charge in [0, 0.05) is 5.56 Å². The molecule has 0 saturated heterocycles. The molecular formula is C29H25NO6. The van der Waals surface area contributed by atoms with Gasteiger partial charge in [0.25, 0.3) is 5.91 Å². The molecule has 3 aromatic carbocycles. The number of para-hydroxylation sites is 1. The molecule has 1 spiro atoms. The van der Waals surface area contributed by atoms with E-state index >= 15 is 0 Å². The summed E-state index contributed by atoms with van der Waals surface area (Å²) in [6.07, 6.45) is -1.01. The zero-order chi connectivity index (χ0) is 25.4. The first-order chi connectivity index (χ1) is 17.4. The summed E-state index contributed by atoms with van der Waals surface area (Å²) in [6.45, 7) is 2.26. The van der Waals surface area contributed by atoms with Crippen molar-refractivity contribution in [2.75, 3.05) is 19.1 Å². The fraction of sp³-hybridized carbons (Fsp3) is 0.207. The number of hydrogen-bond acceptors (Lipinski definition) is 6. The highest BCUT2D eigenvalue weighted by Crippen LogP contribution is 2.57. The van der Waals surface area contributed by atoms with Crippen LogP contribution in [0.2, 0.25) is 0 Å². The number of nitrogens with zero attached hydrogens (tertiary/aromatic N) is 1. The van der Waals surface area contributed by atoms with Gasteiger partial charge in [-0.2, -0.15) is 0 Å². The van der Waals surface area contributed by atoms with Crippen LogP contribution in [-0.2, 0) is 40.7 Å². The molecule has 0 saturated carbocycles. The van der Waals surface area contributed by atoms with Crippen molar-refractivity contribution in [2.24, 2.45) is 0 Å². The van der Waals surface area contributed by atoms with E-state index in [2.05, 4.69) is 0 Å². The lowest BCUT2D eigenvalue weighted by Gasteiger charge is -2.27. The van der Waals surface area contributed by atoms with Gasteiger partial charge in [0.2, 0.25) is 5.60 Å². The topological polar surface area (TPSA) is 82.1 Å². The number of benzene rings is 3. The van der Waals surface area contributed by atoms with Gasteiger partial charge < -0.3 is 19.1 Å². The normalized spacial score (nSPS) is 20.6. The number of methoxy groups -OCH3 is 2. The summed E-state index contributed by atoms with van der Waals surface area (Å²) < 4.78 is 16.7. The van der Waals surface area contributed by atoms with E-state index in [0.29, 0.717) is 16.8 Å². The van der Waals surface area contributed by atoms with Crippen LogP contribution in [0.25, 0.3) is 0 Å². The molecule has 0 aromatic heterocycles. The minimum atomic E-state index is -1.86. The Morgan fingerprint density at radius 3 is 2.19 bits per heavy atom. The van der Waals surface area contributed by atoms with E-state index in [1.807, 2.05) is 49.4 Å². The summed E-state index contributed by atoms with van der Waals surface area (Å²) in [5.74, 6) is -2.05. The first-order valence-electron chi connectivity index (χ1n) is 11.5. The van der Waals surface area contributed by atoms with E-state index in [0.717, 1.165) is 11.1 Å². The smallest absolute Gasteiger partial charge is 0.338 e. The second-order valence-electron chi connectivity index (χ2n) is 8.76. The average Bonchev–Trinajstić information content (AvgIpc) is 3.39. The van der Waals surface area contributed by atoms with E-state index in [4.69, 9.17) is 14.2 Å². The van der Waals surface area contributed by atoms with Crippen LogP contribution in [0.3, 0.4) is 0 Å². The lowest BCUT2D eigenvalue weighted by molar-refractivity contribution is -0.148. The van der Waals surface area contributed by atoms with Crippen LogP contribution in [0.15, 0.2) is 90.0 Å². The van der Waals surface area contributed by atoms with Crippen LogP contribution >= 0.6 is 0 Å². The first kappa shape index (κ1) is 23.5. The van der Waals surface area contributed by atoms with Gasteiger partial charge in [0.1, 0.15) is 6.10 Å². The molecule has 0 N–H and O–H groups in total. The fourth-order valence-electron chi connectivity index (χ4n) is 4.96. The summed E-state index contributed by atoms with van der Waals surface area (Å²) in [7, 11) is 2.44. The Morgan fingerprint density at radius 1 is 0.889 bits per heavy atom. The van der Waals surface area contributed by atoms with Gasteiger partial charge in [-0.1, -0.05) is 78.4 Å². The number of carbonyl (C=O) groups is 3. The highest BCUT2D eigenvalue weighted by atomic mass is 16.6. The average molecular weight is 484 g/mol. The lowest BCUT2D eigenvalue weighted by Crippen LogP contribution is -2.43.